The number of benzene rings is 2. The van der Waals surface area contributed by atoms with Gasteiger partial charge in [-0.15, -0.1) is 5.10 Å². The highest BCUT2D eigenvalue weighted by molar-refractivity contribution is 5.94. The van der Waals surface area contributed by atoms with Gasteiger partial charge in [-0.3, -0.25) is 4.79 Å². The van der Waals surface area contributed by atoms with Crippen LogP contribution in [-0.2, 0) is 6.54 Å². The standard InChI is InChI=1S/C20H20FN5O/c21-18-5-3-4-17(12-18)19-6-1-2-11-26(19)20(27)16-9-7-15(8-10-16)13-25-14-22-23-24-25/h3-5,7-10,12,14,19H,1-2,6,11,13H2. The number of tetrazole rings is 1. The average molecular weight is 365 g/mol. The zero-order chi connectivity index (χ0) is 18.6. The number of halogens is 1. The van der Waals surface area contributed by atoms with E-state index >= 15 is 0 Å². The first-order valence-electron chi connectivity index (χ1n) is 9.07. The number of hydrogen-bond acceptors (Lipinski definition) is 4. The zero-order valence-corrected chi connectivity index (χ0v) is 14.8. The molecule has 1 saturated heterocycles. The Hall–Kier alpha value is -3.09. The molecular formula is C20H20FN5O. The fourth-order valence-electron chi connectivity index (χ4n) is 3.59. The molecule has 4 rings (SSSR count). The summed E-state index contributed by atoms with van der Waals surface area (Å²) in [5.41, 5.74) is 2.51. The van der Waals surface area contributed by atoms with Crippen LogP contribution in [0.2, 0.25) is 0 Å². The first-order valence-corrected chi connectivity index (χ1v) is 9.07. The van der Waals surface area contributed by atoms with Crippen molar-refractivity contribution in [3.63, 3.8) is 0 Å². The van der Waals surface area contributed by atoms with Gasteiger partial charge in [0.15, 0.2) is 0 Å². The summed E-state index contributed by atoms with van der Waals surface area (Å²) in [6.07, 6.45) is 4.41. The number of piperidine rings is 1. The fraction of sp³-hybridized carbons (Fsp3) is 0.300. The van der Waals surface area contributed by atoms with E-state index in [9.17, 15) is 9.18 Å². The Labute approximate surface area is 156 Å². The van der Waals surface area contributed by atoms with Crippen molar-refractivity contribution in [2.24, 2.45) is 0 Å². The minimum Gasteiger partial charge on any atom is -0.332 e. The molecule has 3 aromatic rings. The van der Waals surface area contributed by atoms with Crippen LogP contribution in [0.5, 0.6) is 0 Å². The SMILES string of the molecule is O=C(c1ccc(Cn2cnnn2)cc1)N1CCCCC1c1cccc(F)c1. The third kappa shape index (κ3) is 3.86. The number of aromatic nitrogens is 4. The molecule has 27 heavy (non-hydrogen) atoms. The molecule has 138 valence electrons. The van der Waals surface area contributed by atoms with Crippen LogP contribution in [-0.4, -0.2) is 37.6 Å². The Morgan fingerprint density at radius 2 is 2.00 bits per heavy atom. The van der Waals surface area contributed by atoms with E-state index in [1.165, 1.54) is 12.1 Å². The molecule has 0 N–H and O–H groups in total. The third-order valence-electron chi connectivity index (χ3n) is 4.93. The average Bonchev–Trinajstić information content (AvgIpc) is 3.21. The second kappa shape index (κ2) is 7.65. The Balaban J connectivity index is 1.53. The van der Waals surface area contributed by atoms with E-state index in [2.05, 4.69) is 15.5 Å². The van der Waals surface area contributed by atoms with E-state index in [4.69, 9.17) is 0 Å². The summed E-state index contributed by atoms with van der Waals surface area (Å²) in [4.78, 5) is 15.0. The Morgan fingerprint density at radius 3 is 2.74 bits per heavy atom. The molecule has 1 atom stereocenters. The number of hydrogen-bond donors (Lipinski definition) is 0. The van der Waals surface area contributed by atoms with Gasteiger partial charge in [-0.05, 0) is 65.1 Å². The van der Waals surface area contributed by atoms with Crippen LogP contribution in [0.15, 0.2) is 54.9 Å². The number of carbonyl (C=O) groups excluding carboxylic acids is 1. The topological polar surface area (TPSA) is 63.9 Å². The van der Waals surface area contributed by atoms with Crippen LogP contribution < -0.4 is 0 Å². The molecule has 0 bridgehead atoms. The number of carbonyl (C=O) groups is 1. The van der Waals surface area contributed by atoms with Gasteiger partial charge >= 0.3 is 0 Å². The summed E-state index contributed by atoms with van der Waals surface area (Å²) in [5, 5.41) is 11.1. The Morgan fingerprint density at radius 1 is 1.15 bits per heavy atom. The van der Waals surface area contributed by atoms with E-state index in [1.807, 2.05) is 35.2 Å². The number of nitrogens with zero attached hydrogens (tertiary/aromatic N) is 5. The van der Waals surface area contributed by atoms with Gasteiger partial charge in [0.25, 0.3) is 5.91 Å². The summed E-state index contributed by atoms with van der Waals surface area (Å²) in [6.45, 7) is 1.24. The minimum atomic E-state index is -0.266. The van der Waals surface area contributed by atoms with Crippen LogP contribution in [0.25, 0.3) is 0 Å². The van der Waals surface area contributed by atoms with Crippen molar-refractivity contribution in [1.29, 1.82) is 0 Å². The van der Waals surface area contributed by atoms with Crippen LogP contribution in [0.3, 0.4) is 0 Å². The lowest BCUT2D eigenvalue weighted by molar-refractivity contribution is 0.0611. The molecule has 0 saturated carbocycles. The smallest absolute Gasteiger partial charge is 0.254 e. The maximum absolute atomic E-state index is 13.7. The molecule has 1 aromatic heterocycles. The molecule has 1 amide bonds. The van der Waals surface area contributed by atoms with Crippen molar-refractivity contribution in [2.75, 3.05) is 6.54 Å². The van der Waals surface area contributed by atoms with Gasteiger partial charge in [-0.1, -0.05) is 24.3 Å². The van der Waals surface area contributed by atoms with Gasteiger partial charge in [-0.2, -0.15) is 0 Å². The van der Waals surface area contributed by atoms with Gasteiger partial charge in [0.2, 0.25) is 0 Å². The molecule has 0 radical (unpaired) electrons. The van der Waals surface area contributed by atoms with E-state index in [0.29, 0.717) is 18.7 Å². The molecule has 6 nitrogen and oxygen atoms in total. The molecule has 0 spiro atoms. The minimum absolute atomic E-state index is 0.0158. The third-order valence-corrected chi connectivity index (χ3v) is 4.93. The van der Waals surface area contributed by atoms with Gasteiger partial charge in [0.1, 0.15) is 12.1 Å². The van der Waals surface area contributed by atoms with Crippen LogP contribution >= 0.6 is 0 Å². The van der Waals surface area contributed by atoms with Crippen molar-refractivity contribution in [3.8, 4) is 0 Å². The molecule has 1 aliphatic rings. The molecule has 0 aliphatic carbocycles. The molecule has 1 fully saturated rings. The van der Waals surface area contributed by atoms with Crippen molar-refractivity contribution < 1.29 is 9.18 Å². The number of amides is 1. The monoisotopic (exact) mass is 365 g/mol. The predicted octanol–water partition coefficient (Wildman–Crippen LogP) is 3.23. The van der Waals surface area contributed by atoms with Gasteiger partial charge < -0.3 is 4.90 Å². The maximum atomic E-state index is 13.7. The van der Waals surface area contributed by atoms with E-state index in [1.54, 1.807) is 17.1 Å². The normalized spacial score (nSPS) is 17.1. The summed E-state index contributed by atoms with van der Waals surface area (Å²) in [6, 6.07) is 14.0. The van der Waals surface area contributed by atoms with Gasteiger partial charge in [0.05, 0.1) is 12.6 Å². The maximum Gasteiger partial charge on any atom is 0.254 e. The van der Waals surface area contributed by atoms with Crippen LogP contribution in [0.1, 0.15) is 46.8 Å². The number of likely N-dealkylation sites (tertiary alicyclic amines) is 1. The molecule has 1 unspecified atom stereocenters. The molecule has 2 heterocycles. The molecule has 2 aromatic carbocycles. The summed E-state index contributed by atoms with van der Waals surface area (Å²) in [7, 11) is 0. The second-order valence-corrected chi connectivity index (χ2v) is 6.77. The van der Waals surface area contributed by atoms with E-state index < -0.39 is 0 Å². The summed E-state index contributed by atoms with van der Waals surface area (Å²) < 4.78 is 15.3. The first-order chi connectivity index (χ1) is 13.2. The molecule has 7 heteroatoms. The van der Waals surface area contributed by atoms with Gasteiger partial charge in [-0.25, -0.2) is 9.07 Å². The lowest BCUT2D eigenvalue weighted by Gasteiger charge is -2.36. The Kier molecular flexibility index (Phi) is 4.91. The fourth-order valence-corrected chi connectivity index (χ4v) is 3.59. The Bertz CT molecular complexity index is 910. The van der Waals surface area contributed by atoms with E-state index in [-0.39, 0.29) is 17.8 Å². The highest BCUT2D eigenvalue weighted by atomic mass is 19.1. The van der Waals surface area contributed by atoms with Crippen molar-refractivity contribution >= 4 is 5.91 Å². The summed E-state index contributed by atoms with van der Waals surface area (Å²) >= 11 is 0. The van der Waals surface area contributed by atoms with E-state index in [0.717, 1.165) is 30.4 Å². The van der Waals surface area contributed by atoms with Gasteiger partial charge in [0, 0.05) is 12.1 Å². The van der Waals surface area contributed by atoms with Crippen molar-refractivity contribution in [2.45, 2.75) is 31.8 Å². The quantitative estimate of drug-likeness (QED) is 0.712. The van der Waals surface area contributed by atoms with Crippen LogP contribution in [0.4, 0.5) is 4.39 Å². The van der Waals surface area contributed by atoms with Crippen molar-refractivity contribution in [3.05, 3.63) is 77.4 Å². The van der Waals surface area contributed by atoms with Crippen LogP contribution in [0, 0.1) is 5.82 Å². The summed E-state index contributed by atoms with van der Waals surface area (Å²) in [5.74, 6) is -0.282. The lowest BCUT2D eigenvalue weighted by atomic mass is 9.94. The predicted molar refractivity (Wildman–Crippen MR) is 97.4 cm³/mol. The largest absolute Gasteiger partial charge is 0.332 e. The first kappa shape index (κ1) is 17.3. The van der Waals surface area contributed by atoms with Crippen molar-refractivity contribution in [1.82, 2.24) is 25.1 Å². The molecular weight excluding hydrogens is 345 g/mol. The zero-order valence-electron chi connectivity index (χ0n) is 14.8. The lowest BCUT2D eigenvalue weighted by Crippen LogP contribution is -2.38. The highest BCUT2D eigenvalue weighted by Crippen LogP contribution is 2.32. The molecule has 1 aliphatic heterocycles. The number of rotatable bonds is 4. The highest BCUT2D eigenvalue weighted by Gasteiger charge is 2.28. The second-order valence-electron chi connectivity index (χ2n) is 6.77.